The molecule has 1 aliphatic rings. The summed E-state index contributed by atoms with van der Waals surface area (Å²) in [4.78, 5) is 16.4. The van der Waals surface area contributed by atoms with Gasteiger partial charge in [-0.25, -0.2) is 0 Å². The zero-order chi connectivity index (χ0) is 18.3. The molecule has 1 aromatic heterocycles. The first-order valence-electron chi connectivity index (χ1n) is 8.07. The molecule has 0 aliphatic carbocycles. The lowest BCUT2D eigenvalue weighted by Gasteiger charge is -2.33. The second kappa shape index (κ2) is 8.44. The van der Waals surface area contributed by atoms with Gasteiger partial charge in [-0.15, -0.1) is 0 Å². The average Bonchev–Trinajstić information content (AvgIpc) is 2.82. The molecular formula is C17H21F3N2O3. The summed E-state index contributed by atoms with van der Waals surface area (Å²) in [7, 11) is 0. The number of ether oxygens (including phenoxy) is 1. The summed E-state index contributed by atoms with van der Waals surface area (Å²) in [6.07, 6.45) is -1.32. The number of carbonyl (C=O) groups excluding carboxylic acids is 1. The summed E-state index contributed by atoms with van der Waals surface area (Å²) in [5, 5.41) is 11.2. The summed E-state index contributed by atoms with van der Waals surface area (Å²) in [6, 6.07) is 4.97. The molecule has 0 radical (unpaired) electrons. The van der Waals surface area contributed by atoms with Gasteiger partial charge in [-0.3, -0.25) is 9.78 Å². The number of halogens is 3. The van der Waals surface area contributed by atoms with Crippen LogP contribution in [0.1, 0.15) is 31.4 Å². The number of hydrogen-bond acceptors (Lipinski definition) is 4. The van der Waals surface area contributed by atoms with Crippen LogP contribution in [0.5, 0.6) is 0 Å². The number of carbonyl (C=O) groups is 1. The number of aromatic nitrogens is 1. The van der Waals surface area contributed by atoms with E-state index in [9.17, 15) is 18.0 Å². The fraction of sp³-hybridized carbons (Fsp3) is 0.529. The molecule has 0 aromatic carbocycles. The van der Waals surface area contributed by atoms with E-state index in [0.717, 1.165) is 0 Å². The minimum atomic E-state index is -4.86. The first-order valence-corrected chi connectivity index (χ1v) is 8.07. The molecule has 1 aromatic rings. The van der Waals surface area contributed by atoms with Gasteiger partial charge in [-0.2, -0.15) is 13.2 Å². The van der Waals surface area contributed by atoms with Crippen molar-refractivity contribution in [3.05, 3.63) is 41.7 Å². The monoisotopic (exact) mass is 358 g/mol. The van der Waals surface area contributed by atoms with Crippen molar-refractivity contribution in [3.63, 3.8) is 0 Å². The standard InChI is InChI=1S/C17H21F3N2O3/c18-17(19,20)16(11-13(5-3-9-23)6-4-10-25-16)15(24)22-12-14-7-1-2-8-21-14/h1-2,5,7-8,23H,3-4,6,9-12H2,(H,22,24). The van der Waals surface area contributed by atoms with Crippen molar-refractivity contribution >= 4 is 5.91 Å². The van der Waals surface area contributed by atoms with Crippen molar-refractivity contribution < 1.29 is 27.8 Å². The van der Waals surface area contributed by atoms with E-state index < -0.39 is 24.1 Å². The molecule has 2 rings (SSSR count). The molecule has 8 heteroatoms. The van der Waals surface area contributed by atoms with Crippen LogP contribution in [0, 0.1) is 0 Å². The van der Waals surface area contributed by atoms with Crippen LogP contribution in [-0.4, -0.2) is 41.0 Å². The Kier molecular flexibility index (Phi) is 6.55. The molecule has 1 saturated heterocycles. The molecule has 1 unspecified atom stereocenters. The summed E-state index contributed by atoms with van der Waals surface area (Å²) >= 11 is 0. The molecule has 1 atom stereocenters. The highest BCUT2D eigenvalue weighted by atomic mass is 19.4. The maximum atomic E-state index is 13.8. The van der Waals surface area contributed by atoms with E-state index in [1.165, 1.54) is 6.20 Å². The first kappa shape index (κ1) is 19.4. The normalized spacial score (nSPS) is 23.3. The van der Waals surface area contributed by atoms with Gasteiger partial charge in [0.1, 0.15) is 0 Å². The number of hydrogen-bond donors (Lipinski definition) is 2. The molecule has 0 bridgehead atoms. The van der Waals surface area contributed by atoms with E-state index in [0.29, 0.717) is 24.1 Å². The molecule has 138 valence electrons. The van der Waals surface area contributed by atoms with E-state index in [2.05, 4.69) is 10.3 Å². The number of rotatable bonds is 5. The lowest BCUT2D eigenvalue weighted by Crippen LogP contribution is -2.58. The highest BCUT2D eigenvalue weighted by Gasteiger charge is 2.62. The fourth-order valence-electron chi connectivity index (χ4n) is 2.72. The van der Waals surface area contributed by atoms with Crippen LogP contribution in [0.15, 0.2) is 36.0 Å². The topological polar surface area (TPSA) is 71.5 Å². The minimum Gasteiger partial charge on any atom is -0.396 e. The van der Waals surface area contributed by atoms with Crippen LogP contribution in [0.25, 0.3) is 0 Å². The quantitative estimate of drug-likeness (QED) is 0.794. The molecule has 2 heterocycles. The van der Waals surface area contributed by atoms with E-state index in [1.54, 1.807) is 24.3 Å². The van der Waals surface area contributed by atoms with Crippen molar-refractivity contribution in [1.29, 1.82) is 0 Å². The molecule has 1 fully saturated rings. The van der Waals surface area contributed by atoms with Crippen LogP contribution in [0.4, 0.5) is 13.2 Å². The largest absolute Gasteiger partial charge is 0.426 e. The van der Waals surface area contributed by atoms with E-state index in [-0.39, 0.29) is 26.2 Å². The molecule has 1 amide bonds. The molecular weight excluding hydrogens is 337 g/mol. The lowest BCUT2D eigenvalue weighted by molar-refractivity contribution is -0.265. The summed E-state index contributed by atoms with van der Waals surface area (Å²) in [5.74, 6) is -1.22. The molecule has 0 spiro atoms. The molecule has 2 N–H and O–H groups in total. The molecule has 1 aliphatic heterocycles. The van der Waals surface area contributed by atoms with Crippen LogP contribution in [0.3, 0.4) is 0 Å². The Morgan fingerprint density at radius 3 is 2.88 bits per heavy atom. The number of aliphatic hydroxyl groups is 1. The maximum Gasteiger partial charge on any atom is 0.426 e. The second-order valence-electron chi connectivity index (χ2n) is 5.83. The Hall–Kier alpha value is -1.93. The minimum absolute atomic E-state index is 0.115. The summed E-state index contributed by atoms with van der Waals surface area (Å²) < 4.78 is 46.4. The Morgan fingerprint density at radius 1 is 1.44 bits per heavy atom. The maximum absolute atomic E-state index is 13.8. The van der Waals surface area contributed by atoms with Gasteiger partial charge in [0, 0.05) is 25.8 Å². The highest BCUT2D eigenvalue weighted by Crippen LogP contribution is 2.41. The smallest absolute Gasteiger partial charge is 0.396 e. The summed E-state index contributed by atoms with van der Waals surface area (Å²) in [6.45, 7) is -0.432. The SMILES string of the molecule is O=C(NCc1ccccn1)C1(C(F)(F)F)CC(=CCCO)CCCO1. The molecule has 0 saturated carbocycles. The number of nitrogens with zero attached hydrogens (tertiary/aromatic N) is 1. The third-order valence-corrected chi connectivity index (χ3v) is 4.01. The van der Waals surface area contributed by atoms with Crippen molar-refractivity contribution in [3.8, 4) is 0 Å². The van der Waals surface area contributed by atoms with Crippen LogP contribution >= 0.6 is 0 Å². The number of nitrogens with one attached hydrogen (secondary N) is 1. The lowest BCUT2D eigenvalue weighted by atomic mass is 9.90. The van der Waals surface area contributed by atoms with Gasteiger partial charge in [0.15, 0.2) is 0 Å². The summed E-state index contributed by atoms with van der Waals surface area (Å²) in [5.41, 5.74) is -1.99. The molecule has 25 heavy (non-hydrogen) atoms. The Morgan fingerprint density at radius 2 is 2.24 bits per heavy atom. The number of aliphatic hydroxyl groups excluding tert-OH is 1. The third-order valence-electron chi connectivity index (χ3n) is 4.01. The van der Waals surface area contributed by atoms with E-state index >= 15 is 0 Å². The Labute approximate surface area is 143 Å². The van der Waals surface area contributed by atoms with Gasteiger partial charge in [0.2, 0.25) is 5.60 Å². The van der Waals surface area contributed by atoms with Crippen LogP contribution in [-0.2, 0) is 16.1 Å². The third kappa shape index (κ3) is 4.79. The van der Waals surface area contributed by atoms with Gasteiger partial charge < -0.3 is 15.2 Å². The van der Waals surface area contributed by atoms with Gasteiger partial charge in [0.25, 0.3) is 5.91 Å². The highest BCUT2D eigenvalue weighted by molar-refractivity contribution is 5.86. The Bertz CT molecular complexity index is 605. The van der Waals surface area contributed by atoms with Crippen molar-refractivity contribution in [1.82, 2.24) is 10.3 Å². The Balaban J connectivity index is 2.22. The number of amides is 1. The molecule has 5 nitrogen and oxygen atoms in total. The van der Waals surface area contributed by atoms with Crippen molar-refractivity contribution in [2.24, 2.45) is 0 Å². The van der Waals surface area contributed by atoms with Crippen LogP contribution in [0.2, 0.25) is 0 Å². The van der Waals surface area contributed by atoms with Crippen LogP contribution < -0.4 is 5.32 Å². The van der Waals surface area contributed by atoms with Crippen molar-refractivity contribution in [2.45, 2.75) is 44.0 Å². The van der Waals surface area contributed by atoms with Gasteiger partial charge >= 0.3 is 6.18 Å². The number of alkyl halides is 3. The second-order valence-corrected chi connectivity index (χ2v) is 5.83. The van der Waals surface area contributed by atoms with Gasteiger partial charge in [0.05, 0.1) is 12.2 Å². The first-order chi connectivity index (χ1) is 11.9. The predicted octanol–water partition coefficient (Wildman–Crippen LogP) is 2.51. The zero-order valence-electron chi connectivity index (χ0n) is 13.7. The average molecular weight is 358 g/mol. The van der Waals surface area contributed by atoms with E-state index in [1.807, 2.05) is 0 Å². The predicted molar refractivity (Wildman–Crippen MR) is 84.5 cm³/mol. The van der Waals surface area contributed by atoms with Gasteiger partial charge in [-0.1, -0.05) is 17.7 Å². The van der Waals surface area contributed by atoms with Crippen molar-refractivity contribution in [2.75, 3.05) is 13.2 Å². The van der Waals surface area contributed by atoms with Gasteiger partial charge in [-0.05, 0) is 31.4 Å². The number of pyridine rings is 1. The fourth-order valence-corrected chi connectivity index (χ4v) is 2.72. The zero-order valence-corrected chi connectivity index (χ0v) is 13.7. The van der Waals surface area contributed by atoms with E-state index in [4.69, 9.17) is 9.84 Å².